The standard InChI is InChI=1S/C18H15F2NO3.C3H6/c19-14-6-4-12(5-7-14)16(13-2-1-3-15(20)10-13)11-17(22)21-8-9-24-18(21)23;1-3-2/h1-7,10,16H,8-9,11H2;3H,1H2,2H3. The molecule has 2 aromatic carbocycles. The van der Waals surface area contributed by atoms with Crippen LogP contribution in [0, 0.1) is 11.6 Å². The van der Waals surface area contributed by atoms with Crippen LogP contribution in [-0.2, 0) is 9.53 Å². The number of hydrogen-bond donors (Lipinski definition) is 0. The van der Waals surface area contributed by atoms with Gasteiger partial charge in [0.05, 0.1) is 6.54 Å². The van der Waals surface area contributed by atoms with Gasteiger partial charge < -0.3 is 4.74 Å². The number of rotatable bonds is 4. The highest BCUT2D eigenvalue weighted by Gasteiger charge is 2.30. The Morgan fingerprint density at radius 3 is 2.41 bits per heavy atom. The van der Waals surface area contributed by atoms with Crippen LogP contribution in [0.25, 0.3) is 0 Å². The Labute approximate surface area is 157 Å². The van der Waals surface area contributed by atoms with E-state index < -0.39 is 29.6 Å². The van der Waals surface area contributed by atoms with Crippen molar-refractivity contribution in [2.75, 3.05) is 13.2 Å². The van der Waals surface area contributed by atoms with E-state index in [-0.39, 0.29) is 19.6 Å². The highest BCUT2D eigenvalue weighted by Crippen LogP contribution is 2.30. The molecular weight excluding hydrogens is 352 g/mol. The maximum Gasteiger partial charge on any atom is 0.416 e. The van der Waals surface area contributed by atoms with Crippen LogP contribution in [0.3, 0.4) is 0 Å². The fourth-order valence-corrected chi connectivity index (χ4v) is 2.75. The van der Waals surface area contributed by atoms with E-state index in [4.69, 9.17) is 4.74 Å². The number of amides is 2. The maximum atomic E-state index is 13.6. The molecule has 0 radical (unpaired) electrons. The fraction of sp³-hybridized carbons (Fsp3) is 0.238. The molecule has 27 heavy (non-hydrogen) atoms. The molecular formula is C21H21F2NO3. The number of imide groups is 1. The lowest BCUT2D eigenvalue weighted by Crippen LogP contribution is -2.32. The smallest absolute Gasteiger partial charge is 0.416 e. The second-order valence-corrected chi connectivity index (χ2v) is 5.93. The number of benzene rings is 2. The van der Waals surface area contributed by atoms with Gasteiger partial charge in [0.15, 0.2) is 0 Å². The molecule has 142 valence electrons. The summed E-state index contributed by atoms with van der Waals surface area (Å²) in [5, 5.41) is 0. The summed E-state index contributed by atoms with van der Waals surface area (Å²) in [5.74, 6) is -1.71. The van der Waals surface area contributed by atoms with Crippen molar-refractivity contribution >= 4 is 12.0 Å². The maximum absolute atomic E-state index is 13.6. The van der Waals surface area contributed by atoms with E-state index in [1.165, 1.54) is 24.3 Å². The van der Waals surface area contributed by atoms with Gasteiger partial charge >= 0.3 is 6.09 Å². The number of ether oxygens (including phenoxy) is 1. The molecule has 0 aromatic heterocycles. The molecule has 1 unspecified atom stereocenters. The third kappa shape index (κ3) is 5.48. The number of carbonyl (C=O) groups excluding carboxylic acids is 2. The molecule has 2 amide bonds. The van der Waals surface area contributed by atoms with E-state index in [2.05, 4.69) is 6.58 Å². The van der Waals surface area contributed by atoms with Gasteiger partial charge in [0, 0.05) is 12.3 Å². The average Bonchev–Trinajstić information content (AvgIpc) is 3.07. The fourth-order valence-electron chi connectivity index (χ4n) is 2.75. The molecule has 3 rings (SSSR count). The molecule has 2 aromatic rings. The summed E-state index contributed by atoms with van der Waals surface area (Å²) in [4.78, 5) is 25.0. The largest absolute Gasteiger partial charge is 0.447 e. The lowest BCUT2D eigenvalue weighted by atomic mass is 9.88. The Hall–Kier alpha value is -3.02. The zero-order chi connectivity index (χ0) is 19.8. The summed E-state index contributed by atoms with van der Waals surface area (Å²) in [6, 6.07) is 11.6. The summed E-state index contributed by atoms with van der Waals surface area (Å²) in [6.07, 6.45) is 1.04. The van der Waals surface area contributed by atoms with Gasteiger partial charge in [0.1, 0.15) is 18.2 Å². The first kappa shape index (κ1) is 20.3. The van der Waals surface area contributed by atoms with Crippen LogP contribution >= 0.6 is 0 Å². The molecule has 1 aliphatic heterocycles. The van der Waals surface area contributed by atoms with Gasteiger partial charge in [-0.05, 0) is 42.3 Å². The van der Waals surface area contributed by atoms with Crippen LogP contribution in [-0.4, -0.2) is 30.1 Å². The monoisotopic (exact) mass is 373 g/mol. The van der Waals surface area contributed by atoms with E-state index in [1.807, 2.05) is 6.92 Å². The van der Waals surface area contributed by atoms with Crippen molar-refractivity contribution in [3.8, 4) is 0 Å². The third-order valence-electron chi connectivity index (χ3n) is 3.96. The van der Waals surface area contributed by atoms with Gasteiger partial charge in [-0.1, -0.05) is 30.3 Å². The van der Waals surface area contributed by atoms with Gasteiger partial charge in [-0.2, -0.15) is 0 Å². The van der Waals surface area contributed by atoms with Gasteiger partial charge in [-0.3, -0.25) is 4.79 Å². The lowest BCUT2D eigenvalue weighted by Gasteiger charge is -2.20. The number of hydrogen-bond acceptors (Lipinski definition) is 3. The summed E-state index contributed by atoms with van der Waals surface area (Å²) in [6.45, 7) is 5.63. The molecule has 0 bridgehead atoms. The molecule has 1 fully saturated rings. The van der Waals surface area contributed by atoms with Crippen LogP contribution in [0.2, 0.25) is 0 Å². The van der Waals surface area contributed by atoms with Crippen molar-refractivity contribution in [3.05, 3.63) is 83.9 Å². The zero-order valence-electron chi connectivity index (χ0n) is 15.0. The van der Waals surface area contributed by atoms with Crippen molar-refractivity contribution in [1.82, 2.24) is 4.90 Å². The number of halogens is 2. The first-order valence-electron chi connectivity index (χ1n) is 8.51. The minimum absolute atomic E-state index is 0.0375. The Kier molecular flexibility index (Phi) is 7.23. The van der Waals surface area contributed by atoms with E-state index in [0.29, 0.717) is 11.1 Å². The molecule has 0 saturated carbocycles. The highest BCUT2D eigenvalue weighted by atomic mass is 19.1. The van der Waals surface area contributed by atoms with Crippen LogP contribution in [0.4, 0.5) is 13.6 Å². The number of nitrogens with zero attached hydrogens (tertiary/aromatic N) is 1. The summed E-state index contributed by atoms with van der Waals surface area (Å²) in [5.41, 5.74) is 1.26. The van der Waals surface area contributed by atoms with Crippen molar-refractivity contribution in [3.63, 3.8) is 0 Å². The predicted molar refractivity (Wildman–Crippen MR) is 98.2 cm³/mol. The minimum atomic E-state index is -0.669. The first-order valence-corrected chi connectivity index (χ1v) is 8.51. The molecule has 1 heterocycles. The molecule has 6 heteroatoms. The van der Waals surface area contributed by atoms with Gasteiger partial charge in [0.2, 0.25) is 5.91 Å². The van der Waals surface area contributed by atoms with Crippen LogP contribution in [0.1, 0.15) is 30.4 Å². The van der Waals surface area contributed by atoms with Gasteiger partial charge in [0.25, 0.3) is 0 Å². The van der Waals surface area contributed by atoms with E-state index in [0.717, 1.165) is 4.90 Å². The van der Waals surface area contributed by atoms with E-state index in [1.54, 1.807) is 30.3 Å². The molecule has 1 aliphatic rings. The molecule has 1 atom stereocenters. The van der Waals surface area contributed by atoms with Crippen LogP contribution in [0.5, 0.6) is 0 Å². The van der Waals surface area contributed by atoms with Crippen molar-refractivity contribution in [2.24, 2.45) is 0 Å². The highest BCUT2D eigenvalue weighted by molar-refractivity contribution is 5.93. The SMILES string of the molecule is C=CC.O=C(CC(c1ccc(F)cc1)c1cccc(F)c1)N1CCOC1=O. The quantitative estimate of drug-likeness (QED) is 0.733. The predicted octanol–water partition coefficient (Wildman–Crippen LogP) is 4.66. The van der Waals surface area contributed by atoms with E-state index in [9.17, 15) is 18.4 Å². The molecule has 0 N–H and O–H groups in total. The van der Waals surface area contributed by atoms with Gasteiger partial charge in [-0.25, -0.2) is 18.5 Å². The zero-order valence-corrected chi connectivity index (χ0v) is 15.0. The second-order valence-electron chi connectivity index (χ2n) is 5.93. The van der Waals surface area contributed by atoms with E-state index >= 15 is 0 Å². The lowest BCUT2D eigenvalue weighted by molar-refractivity contribution is -0.128. The summed E-state index contributed by atoms with van der Waals surface area (Å²) < 4.78 is 31.5. The first-order chi connectivity index (χ1) is 13.0. The Bertz CT molecular complexity index is 805. The third-order valence-corrected chi connectivity index (χ3v) is 3.96. The Morgan fingerprint density at radius 1 is 1.19 bits per heavy atom. The number of carbonyl (C=O) groups is 2. The van der Waals surface area contributed by atoms with Crippen molar-refractivity contribution < 1.29 is 23.1 Å². The van der Waals surface area contributed by atoms with Crippen LogP contribution in [0.15, 0.2) is 61.2 Å². The van der Waals surface area contributed by atoms with Crippen molar-refractivity contribution in [2.45, 2.75) is 19.3 Å². The summed E-state index contributed by atoms with van der Waals surface area (Å²) >= 11 is 0. The molecule has 0 aliphatic carbocycles. The normalized spacial score (nSPS) is 14.0. The Morgan fingerprint density at radius 2 is 1.85 bits per heavy atom. The van der Waals surface area contributed by atoms with Gasteiger partial charge in [-0.15, -0.1) is 6.58 Å². The number of cyclic esters (lactones) is 1. The molecule has 0 spiro atoms. The second kappa shape index (κ2) is 9.62. The summed E-state index contributed by atoms with van der Waals surface area (Å²) in [7, 11) is 0. The Balaban J connectivity index is 0.000000817. The van der Waals surface area contributed by atoms with Crippen molar-refractivity contribution in [1.29, 1.82) is 0 Å². The van der Waals surface area contributed by atoms with Crippen LogP contribution < -0.4 is 0 Å². The molecule has 1 saturated heterocycles. The average molecular weight is 373 g/mol. The number of allylic oxidation sites excluding steroid dienone is 1. The minimum Gasteiger partial charge on any atom is -0.447 e. The molecule has 4 nitrogen and oxygen atoms in total. The topological polar surface area (TPSA) is 46.6 Å².